The zero-order valence-corrected chi connectivity index (χ0v) is 13.9. The molecule has 1 N–H and O–H groups in total. The van der Waals surface area contributed by atoms with Gasteiger partial charge in [0.15, 0.2) is 4.34 Å². The van der Waals surface area contributed by atoms with Crippen LogP contribution in [-0.4, -0.2) is 40.3 Å². The molecule has 7 heteroatoms. The molecule has 0 aliphatic heterocycles. The molecule has 0 saturated carbocycles. The van der Waals surface area contributed by atoms with Crippen molar-refractivity contribution in [3.8, 4) is 0 Å². The predicted octanol–water partition coefficient (Wildman–Crippen LogP) is 2.72. The van der Waals surface area contributed by atoms with Crippen molar-refractivity contribution in [2.75, 3.05) is 19.4 Å². The first-order valence-corrected chi connectivity index (χ1v) is 8.26. The minimum atomic E-state index is -0.184. The third-order valence-electron chi connectivity index (χ3n) is 2.88. The van der Waals surface area contributed by atoms with Crippen LogP contribution in [0.25, 0.3) is 0 Å². The van der Waals surface area contributed by atoms with Crippen LogP contribution in [0.15, 0.2) is 34.7 Å². The molecular formula is C14H18N4OS2. The van der Waals surface area contributed by atoms with Gasteiger partial charge < -0.3 is 10.2 Å². The standard InChI is InChI=1S/C14H18N4OS2/c1-10(20-14-17-16-13(15-2)21-14)12(19)18(3)9-11-7-5-4-6-8-11/h4-8,10H,9H2,1-3H3,(H,15,16)/t10-/m1/s1. The number of nitrogens with one attached hydrogen (secondary N) is 1. The van der Waals surface area contributed by atoms with Crippen molar-refractivity contribution in [2.24, 2.45) is 0 Å². The number of nitrogens with zero attached hydrogens (tertiary/aromatic N) is 3. The third-order valence-corrected chi connectivity index (χ3v) is 5.00. The van der Waals surface area contributed by atoms with Crippen LogP contribution in [0, 0.1) is 0 Å². The molecule has 0 aliphatic rings. The summed E-state index contributed by atoms with van der Waals surface area (Å²) in [4.78, 5) is 14.1. The summed E-state index contributed by atoms with van der Waals surface area (Å²) in [5.74, 6) is 0.0880. The number of hydrogen-bond acceptors (Lipinski definition) is 6. The number of carbonyl (C=O) groups is 1. The van der Waals surface area contributed by atoms with Crippen LogP contribution >= 0.6 is 23.1 Å². The van der Waals surface area contributed by atoms with E-state index in [0.29, 0.717) is 6.54 Å². The van der Waals surface area contributed by atoms with Gasteiger partial charge in [0.25, 0.3) is 0 Å². The van der Waals surface area contributed by atoms with Crippen molar-refractivity contribution in [2.45, 2.75) is 23.1 Å². The molecule has 0 fully saturated rings. The lowest BCUT2D eigenvalue weighted by atomic mass is 10.2. The van der Waals surface area contributed by atoms with Crippen molar-refractivity contribution in [1.29, 1.82) is 0 Å². The van der Waals surface area contributed by atoms with Gasteiger partial charge in [0.2, 0.25) is 11.0 Å². The Bertz CT molecular complexity index is 588. The summed E-state index contributed by atoms with van der Waals surface area (Å²) in [5.41, 5.74) is 1.12. The zero-order valence-electron chi connectivity index (χ0n) is 12.2. The SMILES string of the molecule is CNc1nnc(S[C@H](C)C(=O)N(C)Cc2ccccc2)s1. The highest BCUT2D eigenvalue weighted by atomic mass is 32.2. The van der Waals surface area contributed by atoms with Crippen molar-refractivity contribution in [3.63, 3.8) is 0 Å². The van der Waals surface area contributed by atoms with Crippen LogP contribution in [-0.2, 0) is 11.3 Å². The van der Waals surface area contributed by atoms with E-state index in [2.05, 4.69) is 15.5 Å². The first-order valence-electron chi connectivity index (χ1n) is 6.57. The second-order valence-corrected chi connectivity index (χ2v) is 7.13. The van der Waals surface area contributed by atoms with Crippen LogP contribution in [0.3, 0.4) is 0 Å². The van der Waals surface area contributed by atoms with E-state index in [1.54, 1.807) is 11.9 Å². The highest BCUT2D eigenvalue weighted by Gasteiger charge is 2.20. The average molecular weight is 322 g/mol. The Morgan fingerprint density at radius 2 is 2.10 bits per heavy atom. The molecule has 1 amide bonds. The smallest absolute Gasteiger partial charge is 0.235 e. The van der Waals surface area contributed by atoms with Crippen LogP contribution in [0.2, 0.25) is 0 Å². The van der Waals surface area contributed by atoms with Gasteiger partial charge in [0.05, 0.1) is 5.25 Å². The molecule has 0 radical (unpaired) electrons. The maximum absolute atomic E-state index is 12.4. The third kappa shape index (κ3) is 4.44. The molecule has 0 aliphatic carbocycles. The van der Waals surface area contributed by atoms with E-state index in [1.165, 1.54) is 23.1 Å². The molecule has 0 bridgehead atoms. The fourth-order valence-electron chi connectivity index (χ4n) is 1.81. The molecule has 2 aromatic rings. The van der Waals surface area contributed by atoms with Gasteiger partial charge in [-0.1, -0.05) is 53.4 Å². The summed E-state index contributed by atoms with van der Waals surface area (Å²) in [5, 5.41) is 11.5. The van der Waals surface area contributed by atoms with E-state index in [1.807, 2.05) is 44.3 Å². The average Bonchev–Trinajstić information content (AvgIpc) is 2.95. The number of thioether (sulfide) groups is 1. The quantitative estimate of drug-likeness (QED) is 0.829. The number of amides is 1. The zero-order chi connectivity index (χ0) is 15.2. The van der Waals surface area contributed by atoms with E-state index in [9.17, 15) is 4.79 Å². The normalized spacial score (nSPS) is 12.0. The number of benzene rings is 1. The maximum Gasteiger partial charge on any atom is 0.235 e. The number of aromatic nitrogens is 2. The molecule has 2 rings (SSSR count). The summed E-state index contributed by atoms with van der Waals surface area (Å²) in [7, 11) is 3.63. The van der Waals surface area contributed by atoms with Crippen LogP contribution in [0.5, 0.6) is 0 Å². The minimum absolute atomic E-state index is 0.0880. The van der Waals surface area contributed by atoms with Crippen molar-refractivity contribution in [3.05, 3.63) is 35.9 Å². The Kier molecular flexibility index (Phi) is 5.58. The van der Waals surface area contributed by atoms with E-state index < -0.39 is 0 Å². The Hall–Kier alpha value is -1.60. The molecule has 21 heavy (non-hydrogen) atoms. The monoisotopic (exact) mass is 322 g/mol. The van der Waals surface area contributed by atoms with Crippen LogP contribution in [0.4, 0.5) is 5.13 Å². The molecule has 1 aromatic carbocycles. The van der Waals surface area contributed by atoms with Crippen molar-refractivity contribution < 1.29 is 4.79 Å². The fraction of sp³-hybridized carbons (Fsp3) is 0.357. The molecule has 0 saturated heterocycles. The minimum Gasteiger partial charge on any atom is -0.363 e. The van der Waals surface area contributed by atoms with Crippen molar-refractivity contribution in [1.82, 2.24) is 15.1 Å². The lowest BCUT2D eigenvalue weighted by Crippen LogP contribution is -2.32. The predicted molar refractivity (Wildman–Crippen MR) is 87.7 cm³/mol. The van der Waals surface area contributed by atoms with Gasteiger partial charge in [0.1, 0.15) is 0 Å². The molecule has 1 aromatic heterocycles. The topological polar surface area (TPSA) is 58.1 Å². The fourth-order valence-corrected chi connectivity index (χ4v) is 3.77. The molecule has 0 unspecified atom stereocenters. The summed E-state index contributed by atoms with van der Waals surface area (Å²) in [6.45, 7) is 2.51. The van der Waals surface area contributed by atoms with Gasteiger partial charge in [-0.25, -0.2) is 0 Å². The maximum atomic E-state index is 12.4. The second-order valence-electron chi connectivity index (χ2n) is 4.56. The first-order chi connectivity index (χ1) is 10.1. The van der Waals surface area contributed by atoms with Gasteiger partial charge in [-0.15, -0.1) is 10.2 Å². The highest BCUT2D eigenvalue weighted by molar-refractivity contribution is 8.02. The Morgan fingerprint density at radius 1 is 1.38 bits per heavy atom. The summed E-state index contributed by atoms with van der Waals surface area (Å²) >= 11 is 2.89. The van der Waals surface area contributed by atoms with E-state index in [4.69, 9.17) is 0 Å². The van der Waals surface area contributed by atoms with Gasteiger partial charge >= 0.3 is 0 Å². The lowest BCUT2D eigenvalue weighted by Gasteiger charge is -2.20. The highest BCUT2D eigenvalue weighted by Crippen LogP contribution is 2.29. The second kappa shape index (κ2) is 7.42. The van der Waals surface area contributed by atoms with Gasteiger partial charge in [-0.2, -0.15) is 0 Å². The molecule has 0 spiro atoms. The van der Waals surface area contributed by atoms with Crippen LogP contribution in [0.1, 0.15) is 12.5 Å². The van der Waals surface area contributed by atoms with Gasteiger partial charge in [-0.3, -0.25) is 4.79 Å². The number of anilines is 1. The summed E-state index contributed by atoms with van der Waals surface area (Å²) < 4.78 is 0.799. The molecule has 1 heterocycles. The van der Waals surface area contributed by atoms with E-state index in [0.717, 1.165) is 15.0 Å². The number of rotatable bonds is 6. The Morgan fingerprint density at radius 3 is 2.71 bits per heavy atom. The first kappa shape index (κ1) is 15.8. The Balaban J connectivity index is 1.92. The van der Waals surface area contributed by atoms with E-state index in [-0.39, 0.29) is 11.2 Å². The number of hydrogen-bond donors (Lipinski definition) is 1. The van der Waals surface area contributed by atoms with E-state index >= 15 is 0 Å². The molecular weight excluding hydrogens is 304 g/mol. The molecule has 112 valence electrons. The summed E-state index contributed by atoms with van der Waals surface area (Å²) in [6, 6.07) is 9.97. The Labute approximate surface area is 132 Å². The largest absolute Gasteiger partial charge is 0.363 e. The van der Waals surface area contributed by atoms with Crippen LogP contribution < -0.4 is 5.32 Å². The lowest BCUT2D eigenvalue weighted by molar-refractivity contribution is -0.129. The number of carbonyl (C=O) groups excluding carboxylic acids is 1. The van der Waals surface area contributed by atoms with Gasteiger partial charge in [-0.05, 0) is 12.5 Å². The molecule has 5 nitrogen and oxygen atoms in total. The van der Waals surface area contributed by atoms with Crippen molar-refractivity contribution >= 4 is 34.1 Å². The van der Waals surface area contributed by atoms with Gasteiger partial charge in [0, 0.05) is 20.6 Å². The summed E-state index contributed by atoms with van der Waals surface area (Å²) in [6.07, 6.45) is 0. The molecule has 1 atom stereocenters.